The van der Waals surface area contributed by atoms with Gasteiger partial charge in [0.25, 0.3) is 0 Å². The zero-order valence-electron chi connectivity index (χ0n) is 11.3. The summed E-state index contributed by atoms with van der Waals surface area (Å²) in [4.78, 5) is 11.6. The minimum atomic E-state index is -0.186. The van der Waals surface area contributed by atoms with E-state index in [1.165, 1.54) is 34.0 Å². The number of ether oxygens (including phenoxy) is 1. The van der Waals surface area contributed by atoms with Crippen LogP contribution in [0.15, 0.2) is 48.5 Å². The van der Waals surface area contributed by atoms with Gasteiger partial charge in [-0.05, 0) is 40.9 Å². The topological polar surface area (TPSA) is 26.3 Å². The first-order chi connectivity index (χ1) is 9.81. The second-order valence-electron chi connectivity index (χ2n) is 4.72. The van der Waals surface area contributed by atoms with Crippen LogP contribution in [0.3, 0.4) is 0 Å². The zero-order chi connectivity index (χ0) is 13.9. The van der Waals surface area contributed by atoms with Gasteiger partial charge in [-0.1, -0.05) is 48.5 Å². The van der Waals surface area contributed by atoms with Gasteiger partial charge in [-0.15, -0.1) is 0 Å². The van der Waals surface area contributed by atoms with Gasteiger partial charge in [0, 0.05) is 11.7 Å². The molecule has 0 amide bonds. The number of thioether (sulfide) groups is 1. The molecule has 1 aliphatic rings. The fourth-order valence-corrected chi connectivity index (χ4v) is 3.61. The lowest BCUT2D eigenvalue weighted by atomic mass is 9.99. The minimum Gasteiger partial charge on any atom is -0.458 e. The number of hydrogen-bond donors (Lipinski definition) is 0. The molecule has 0 atom stereocenters. The van der Waals surface area contributed by atoms with Crippen LogP contribution < -0.4 is 0 Å². The highest BCUT2D eigenvalue weighted by atomic mass is 32.2. The first-order valence-corrected chi connectivity index (χ1v) is 7.77. The van der Waals surface area contributed by atoms with Gasteiger partial charge in [-0.25, -0.2) is 4.79 Å². The van der Waals surface area contributed by atoms with Crippen molar-refractivity contribution in [1.82, 2.24) is 0 Å². The molecule has 0 spiro atoms. The van der Waals surface area contributed by atoms with Gasteiger partial charge < -0.3 is 4.74 Å². The number of fused-ring (bicyclic) bond motifs is 3. The summed E-state index contributed by atoms with van der Waals surface area (Å²) in [6.45, 7) is 2.27. The van der Waals surface area contributed by atoms with Crippen molar-refractivity contribution in [3.05, 3.63) is 59.7 Å². The molecule has 0 saturated heterocycles. The van der Waals surface area contributed by atoms with Gasteiger partial charge in [0.1, 0.15) is 0 Å². The highest BCUT2D eigenvalue weighted by Gasteiger charge is 2.28. The van der Waals surface area contributed by atoms with Gasteiger partial charge in [0.2, 0.25) is 0 Å². The minimum absolute atomic E-state index is 0.186. The van der Waals surface area contributed by atoms with Crippen molar-refractivity contribution >= 4 is 17.1 Å². The van der Waals surface area contributed by atoms with E-state index in [9.17, 15) is 4.79 Å². The molecule has 3 heteroatoms. The Kier molecular flexibility index (Phi) is 3.79. The van der Waals surface area contributed by atoms with Gasteiger partial charge in [-0.2, -0.15) is 0 Å². The normalized spacial score (nSPS) is 12.8. The Hall–Kier alpha value is -1.74. The van der Waals surface area contributed by atoms with Crippen LogP contribution >= 0.6 is 11.8 Å². The molecule has 102 valence electrons. The Morgan fingerprint density at radius 1 is 1.05 bits per heavy atom. The molecular formula is C17H16O2S. The maximum Gasteiger partial charge on any atom is 0.367 e. The van der Waals surface area contributed by atoms with E-state index in [2.05, 4.69) is 48.5 Å². The van der Waals surface area contributed by atoms with Crippen LogP contribution in [0.5, 0.6) is 0 Å². The van der Waals surface area contributed by atoms with Crippen LogP contribution in [0, 0.1) is 0 Å². The molecule has 1 aliphatic carbocycles. The van der Waals surface area contributed by atoms with E-state index >= 15 is 0 Å². The molecule has 0 aliphatic heterocycles. The molecule has 0 aromatic heterocycles. The third-order valence-corrected chi connectivity index (χ3v) is 4.45. The molecule has 0 heterocycles. The number of carbonyl (C=O) groups is 1. The SMILES string of the molecule is CCOC(=O)SCC1c2ccccc2-c2ccccc21. The van der Waals surface area contributed by atoms with Crippen LogP contribution in [-0.2, 0) is 4.74 Å². The zero-order valence-corrected chi connectivity index (χ0v) is 12.2. The van der Waals surface area contributed by atoms with Crippen LogP contribution in [-0.4, -0.2) is 17.7 Å². The van der Waals surface area contributed by atoms with E-state index in [4.69, 9.17) is 4.74 Å². The molecule has 0 N–H and O–H groups in total. The van der Waals surface area contributed by atoms with Gasteiger partial charge >= 0.3 is 5.30 Å². The van der Waals surface area contributed by atoms with E-state index < -0.39 is 0 Å². The summed E-state index contributed by atoms with van der Waals surface area (Å²) >= 11 is 1.26. The van der Waals surface area contributed by atoms with Crippen molar-refractivity contribution in [3.8, 4) is 11.1 Å². The Labute approximate surface area is 123 Å². The second kappa shape index (κ2) is 5.71. The number of hydrogen-bond acceptors (Lipinski definition) is 3. The Morgan fingerprint density at radius 2 is 1.60 bits per heavy atom. The summed E-state index contributed by atoms with van der Waals surface area (Å²) in [5.41, 5.74) is 5.20. The number of rotatable bonds is 3. The summed E-state index contributed by atoms with van der Waals surface area (Å²) in [5.74, 6) is 1.00. The Balaban J connectivity index is 1.89. The largest absolute Gasteiger partial charge is 0.458 e. The average Bonchev–Trinajstić information content (AvgIpc) is 2.80. The van der Waals surface area contributed by atoms with E-state index in [0.717, 1.165) is 5.75 Å². The van der Waals surface area contributed by atoms with E-state index in [1.54, 1.807) is 0 Å². The van der Waals surface area contributed by atoms with Crippen LogP contribution in [0.25, 0.3) is 11.1 Å². The molecule has 0 saturated carbocycles. The Morgan fingerprint density at radius 3 is 2.15 bits per heavy atom. The average molecular weight is 284 g/mol. The molecule has 2 nitrogen and oxygen atoms in total. The maximum atomic E-state index is 11.6. The third-order valence-electron chi connectivity index (χ3n) is 3.59. The number of carbonyl (C=O) groups excluding carboxylic acids is 1. The van der Waals surface area contributed by atoms with E-state index in [1.807, 2.05) is 6.92 Å². The van der Waals surface area contributed by atoms with Crippen LogP contribution in [0.4, 0.5) is 4.79 Å². The maximum absolute atomic E-state index is 11.6. The number of benzene rings is 2. The molecule has 0 bridgehead atoms. The molecule has 3 rings (SSSR count). The van der Waals surface area contributed by atoms with E-state index in [0.29, 0.717) is 6.61 Å². The summed E-state index contributed by atoms with van der Waals surface area (Å²) in [6, 6.07) is 16.9. The van der Waals surface area contributed by atoms with Crippen molar-refractivity contribution in [2.45, 2.75) is 12.8 Å². The monoisotopic (exact) mass is 284 g/mol. The fourth-order valence-electron chi connectivity index (χ4n) is 2.75. The second-order valence-corrected chi connectivity index (χ2v) is 5.68. The van der Waals surface area contributed by atoms with Gasteiger partial charge in [0.15, 0.2) is 0 Å². The van der Waals surface area contributed by atoms with Gasteiger partial charge in [-0.3, -0.25) is 0 Å². The third kappa shape index (κ3) is 2.34. The first-order valence-electron chi connectivity index (χ1n) is 6.79. The quantitative estimate of drug-likeness (QED) is 0.765. The molecule has 20 heavy (non-hydrogen) atoms. The predicted molar refractivity (Wildman–Crippen MR) is 83.2 cm³/mol. The smallest absolute Gasteiger partial charge is 0.367 e. The lowest BCUT2D eigenvalue weighted by Gasteiger charge is -2.12. The first kappa shape index (κ1) is 13.3. The summed E-state index contributed by atoms with van der Waals surface area (Å²) < 4.78 is 5.00. The highest BCUT2D eigenvalue weighted by Crippen LogP contribution is 2.45. The lowest BCUT2D eigenvalue weighted by molar-refractivity contribution is 0.181. The van der Waals surface area contributed by atoms with Crippen LogP contribution in [0.1, 0.15) is 24.0 Å². The van der Waals surface area contributed by atoms with Crippen molar-refractivity contribution < 1.29 is 9.53 Å². The van der Waals surface area contributed by atoms with Gasteiger partial charge in [0.05, 0.1) is 6.61 Å². The van der Waals surface area contributed by atoms with Crippen molar-refractivity contribution in [3.63, 3.8) is 0 Å². The summed E-state index contributed by atoms with van der Waals surface area (Å²) in [5, 5.41) is -0.186. The van der Waals surface area contributed by atoms with Crippen molar-refractivity contribution in [2.75, 3.05) is 12.4 Å². The fraction of sp³-hybridized carbons (Fsp3) is 0.235. The predicted octanol–water partition coefficient (Wildman–Crippen LogP) is 4.69. The summed E-state index contributed by atoms with van der Waals surface area (Å²) in [7, 11) is 0. The molecule has 0 unspecified atom stereocenters. The molecular weight excluding hydrogens is 268 g/mol. The highest BCUT2D eigenvalue weighted by molar-refractivity contribution is 8.13. The molecule has 0 fully saturated rings. The Bertz CT molecular complexity index is 591. The molecule has 0 radical (unpaired) electrons. The van der Waals surface area contributed by atoms with Crippen molar-refractivity contribution in [1.29, 1.82) is 0 Å². The molecule has 2 aromatic carbocycles. The van der Waals surface area contributed by atoms with E-state index in [-0.39, 0.29) is 11.2 Å². The van der Waals surface area contributed by atoms with Crippen LogP contribution in [0.2, 0.25) is 0 Å². The van der Waals surface area contributed by atoms with Crippen molar-refractivity contribution in [2.24, 2.45) is 0 Å². The molecule has 2 aromatic rings. The summed E-state index contributed by atoms with van der Waals surface area (Å²) in [6.07, 6.45) is 0. The standard InChI is InChI=1S/C17H16O2S/c1-2-19-17(18)20-11-16-14-9-5-3-7-12(14)13-8-4-6-10-15(13)16/h3-10,16H,2,11H2,1H3. The lowest BCUT2D eigenvalue weighted by Crippen LogP contribution is -2.04.